The summed E-state index contributed by atoms with van der Waals surface area (Å²) in [6, 6.07) is 7.28. The first kappa shape index (κ1) is 24.0. The van der Waals surface area contributed by atoms with Crippen LogP contribution in [0, 0.1) is 0 Å². The van der Waals surface area contributed by atoms with E-state index in [-0.39, 0.29) is 37.9 Å². The molecule has 1 aromatic carbocycles. The van der Waals surface area contributed by atoms with Gasteiger partial charge in [-0.05, 0) is 64.3 Å². The Kier molecular flexibility index (Phi) is 7.77. The third-order valence-corrected chi connectivity index (χ3v) is 5.39. The van der Waals surface area contributed by atoms with Gasteiger partial charge in [0.15, 0.2) is 5.54 Å². The highest BCUT2D eigenvalue weighted by molar-refractivity contribution is 6.00. The molecule has 2 heterocycles. The highest BCUT2D eigenvalue weighted by Crippen LogP contribution is 2.31. The Labute approximate surface area is 189 Å². The number of benzene rings is 1. The van der Waals surface area contributed by atoms with Crippen LogP contribution in [0.25, 0.3) is 0 Å². The summed E-state index contributed by atoms with van der Waals surface area (Å²) in [5.41, 5.74) is -0.953. The first-order valence-corrected chi connectivity index (χ1v) is 11.3. The lowest BCUT2D eigenvalue weighted by Crippen LogP contribution is -2.48. The Hall–Kier alpha value is -2.61. The van der Waals surface area contributed by atoms with Crippen molar-refractivity contribution in [1.82, 2.24) is 4.90 Å². The molecule has 176 valence electrons. The number of carbonyl (C=O) groups excluding carboxylic acids is 2. The van der Waals surface area contributed by atoms with Crippen molar-refractivity contribution in [2.45, 2.75) is 64.0 Å². The fourth-order valence-electron chi connectivity index (χ4n) is 3.80. The minimum atomic E-state index is -1.12. The number of esters is 1. The molecule has 1 N–H and O–H groups in total. The van der Waals surface area contributed by atoms with Crippen molar-refractivity contribution < 1.29 is 28.9 Å². The Morgan fingerprint density at radius 1 is 1.19 bits per heavy atom. The normalized spacial score (nSPS) is 20.6. The molecule has 2 aliphatic heterocycles. The zero-order chi connectivity index (χ0) is 23.2. The van der Waals surface area contributed by atoms with Gasteiger partial charge in [-0.3, -0.25) is 9.59 Å². The number of amides is 1. The zero-order valence-corrected chi connectivity index (χ0v) is 19.3. The van der Waals surface area contributed by atoms with Crippen LogP contribution >= 0.6 is 0 Å². The average Bonchev–Trinajstić information content (AvgIpc) is 3.42. The summed E-state index contributed by atoms with van der Waals surface area (Å²) < 4.78 is 16.9. The third kappa shape index (κ3) is 6.22. The van der Waals surface area contributed by atoms with Gasteiger partial charge in [0.05, 0.1) is 6.61 Å². The first-order chi connectivity index (χ1) is 15.2. The van der Waals surface area contributed by atoms with Gasteiger partial charge in [0.25, 0.3) is 5.91 Å². The Morgan fingerprint density at radius 2 is 1.88 bits per heavy atom. The number of likely N-dealkylation sites (tertiary alicyclic amines) is 1. The molecule has 0 spiro atoms. The molecule has 8 nitrogen and oxygen atoms in total. The monoisotopic (exact) mass is 446 g/mol. The van der Waals surface area contributed by atoms with Crippen molar-refractivity contribution in [3.8, 4) is 5.75 Å². The maximum Gasteiger partial charge on any atom is 0.306 e. The van der Waals surface area contributed by atoms with Gasteiger partial charge in [-0.25, -0.2) is 4.99 Å². The predicted molar refractivity (Wildman–Crippen MR) is 120 cm³/mol. The van der Waals surface area contributed by atoms with E-state index in [1.54, 1.807) is 0 Å². The van der Waals surface area contributed by atoms with Gasteiger partial charge in [-0.2, -0.15) is 0 Å². The number of ether oxygens (including phenoxy) is 3. The summed E-state index contributed by atoms with van der Waals surface area (Å²) in [4.78, 5) is 32.3. The molecular weight excluding hydrogens is 412 g/mol. The highest BCUT2D eigenvalue weighted by atomic mass is 16.6. The molecule has 0 unspecified atom stereocenters. The molecule has 0 bridgehead atoms. The second-order valence-corrected chi connectivity index (χ2v) is 9.27. The fourth-order valence-corrected chi connectivity index (χ4v) is 3.80. The molecule has 2 aliphatic rings. The molecule has 1 atom stereocenters. The van der Waals surface area contributed by atoms with E-state index in [2.05, 4.69) is 0 Å². The smallest absolute Gasteiger partial charge is 0.306 e. The minimum Gasteiger partial charge on any atom is -0.494 e. The Balaban J connectivity index is 1.76. The largest absolute Gasteiger partial charge is 0.494 e. The number of carbonyl (C=O) groups is 2. The van der Waals surface area contributed by atoms with Gasteiger partial charge in [-0.1, -0.05) is 0 Å². The van der Waals surface area contributed by atoms with Crippen LogP contribution in [0.2, 0.25) is 0 Å². The van der Waals surface area contributed by atoms with E-state index in [0.717, 1.165) is 18.4 Å². The summed E-state index contributed by atoms with van der Waals surface area (Å²) in [6.07, 6.45) is 2.85. The summed E-state index contributed by atoms with van der Waals surface area (Å²) in [5, 5.41) is 8.87. The van der Waals surface area contributed by atoms with E-state index in [4.69, 9.17) is 24.3 Å². The number of hydrogen-bond acceptors (Lipinski definition) is 7. The number of nitrogens with zero attached hydrogens (tertiary/aromatic N) is 2. The molecule has 1 amide bonds. The first-order valence-electron chi connectivity index (χ1n) is 11.3. The van der Waals surface area contributed by atoms with Gasteiger partial charge < -0.3 is 24.2 Å². The molecule has 32 heavy (non-hydrogen) atoms. The summed E-state index contributed by atoms with van der Waals surface area (Å²) in [5.74, 6) is 0.644. The number of rotatable bonds is 9. The molecule has 0 saturated carbocycles. The quantitative estimate of drug-likeness (QED) is 0.463. The van der Waals surface area contributed by atoms with Gasteiger partial charge in [-0.15, -0.1) is 0 Å². The highest BCUT2D eigenvalue weighted by Gasteiger charge is 2.47. The third-order valence-electron chi connectivity index (χ3n) is 5.39. The van der Waals surface area contributed by atoms with E-state index >= 15 is 0 Å². The van der Waals surface area contributed by atoms with Crippen LogP contribution in [0.15, 0.2) is 29.3 Å². The number of hydrogen-bond donors (Lipinski definition) is 1. The van der Waals surface area contributed by atoms with Crippen molar-refractivity contribution in [1.29, 1.82) is 0 Å². The van der Waals surface area contributed by atoms with Gasteiger partial charge in [0, 0.05) is 38.1 Å². The molecule has 0 radical (unpaired) electrons. The van der Waals surface area contributed by atoms with Crippen molar-refractivity contribution in [3.05, 3.63) is 29.8 Å². The van der Waals surface area contributed by atoms with Crippen molar-refractivity contribution in [2.75, 3.05) is 32.9 Å². The maximum absolute atomic E-state index is 13.4. The van der Waals surface area contributed by atoms with Crippen molar-refractivity contribution >= 4 is 17.8 Å². The molecule has 3 rings (SSSR count). The van der Waals surface area contributed by atoms with E-state index in [1.807, 2.05) is 49.9 Å². The zero-order valence-electron chi connectivity index (χ0n) is 19.3. The molecule has 1 saturated heterocycles. The average molecular weight is 447 g/mol. The van der Waals surface area contributed by atoms with Gasteiger partial charge in [0.1, 0.15) is 18.0 Å². The van der Waals surface area contributed by atoms with E-state index < -0.39 is 11.1 Å². The SMILES string of the molecule is CC(C)(C)OC(=O)CC[C@]1(C(=O)N2CCCC2)COC(c2ccc(OCCCO)cc2)=N1. The van der Waals surface area contributed by atoms with Crippen LogP contribution in [0.5, 0.6) is 5.75 Å². The Bertz CT molecular complexity index is 824. The summed E-state index contributed by atoms with van der Waals surface area (Å²) in [6.45, 7) is 7.50. The second kappa shape index (κ2) is 10.3. The molecule has 1 aromatic rings. The predicted octanol–water partition coefficient (Wildman–Crippen LogP) is 2.71. The topological polar surface area (TPSA) is 97.7 Å². The number of aliphatic hydroxyl groups is 1. The molecule has 1 fully saturated rings. The molecule has 8 heteroatoms. The van der Waals surface area contributed by atoms with Crippen molar-refractivity contribution in [3.63, 3.8) is 0 Å². The van der Waals surface area contributed by atoms with Crippen molar-refractivity contribution in [2.24, 2.45) is 4.99 Å². The lowest BCUT2D eigenvalue weighted by molar-refractivity contribution is -0.155. The lowest BCUT2D eigenvalue weighted by Gasteiger charge is -2.28. The van der Waals surface area contributed by atoms with E-state index in [0.29, 0.717) is 37.8 Å². The minimum absolute atomic E-state index is 0.0825. The maximum atomic E-state index is 13.4. The van der Waals surface area contributed by atoms with E-state index in [1.165, 1.54) is 0 Å². The van der Waals surface area contributed by atoms with Crippen LogP contribution in [0.4, 0.5) is 0 Å². The van der Waals surface area contributed by atoms with Crippen LogP contribution in [0.1, 0.15) is 58.4 Å². The lowest BCUT2D eigenvalue weighted by atomic mass is 9.93. The number of aliphatic hydroxyl groups excluding tert-OH is 1. The fraction of sp³-hybridized carbons (Fsp3) is 0.625. The van der Waals surface area contributed by atoms with Crippen LogP contribution < -0.4 is 4.74 Å². The van der Waals surface area contributed by atoms with Gasteiger partial charge >= 0.3 is 5.97 Å². The molecular formula is C24H34N2O6. The van der Waals surface area contributed by atoms with Gasteiger partial charge in [0.2, 0.25) is 5.90 Å². The van der Waals surface area contributed by atoms with Crippen LogP contribution in [-0.2, 0) is 19.1 Å². The number of aliphatic imine (C=N–C) groups is 1. The standard InChI is InChI=1S/C24H34N2O6/c1-23(2,3)32-20(28)11-12-24(22(29)26-13-4-5-14-26)17-31-21(25-24)18-7-9-19(10-8-18)30-16-6-15-27/h7-10,27H,4-6,11-17H2,1-3H3/t24-/m1/s1. The summed E-state index contributed by atoms with van der Waals surface area (Å²) >= 11 is 0. The Morgan fingerprint density at radius 3 is 2.50 bits per heavy atom. The van der Waals surface area contributed by atoms with E-state index in [9.17, 15) is 9.59 Å². The summed E-state index contributed by atoms with van der Waals surface area (Å²) in [7, 11) is 0. The van der Waals surface area contributed by atoms with Crippen LogP contribution in [0.3, 0.4) is 0 Å². The second-order valence-electron chi connectivity index (χ2n) is 9.27. The van der Waals surface area contributed by atoms with Crippen LogP contribution in [-0.4, -0.2) is 71.8 Å². The molecule has 0 aliphatic carbocycles. The molecule has 0 aromatic heterocycles.